The highest BCUT2D eigenvalue weighted by atomic mass is 19.2. The Hall–Kier alpha value is -2.49. The molecule has 0 radical (unpaired) electrons. The normalized spacial score (nSPS) is 10.9. The van der Waals surface area contributed by atoms with E-state index in [1.54, 1.807) is 6.20 Å². The fraction of sp³-hybridized carbons (Fsp3) is 0.0625. The second kappa shape index (κ2) is 4.89. The maximum atomic E-state index is 13.2. The number of aldehydes is 1. The number of para-hydroxylation sites is 1. The van der Waals surface area contributed by atoms with Gasteiger partial charge >= 0.3 is 0 Å². The summed E-state index contributed by atoms with van der Waals surface area (Å²) in [6.07, 6.45) is 2.52. The van der Waals surface area contributed by atoms with Crippen LogP contribution in [0.5, 0.6) is 0 Å². The highest BCUT2D eigenvalue weighted by molar-refractivity contribution is 5.97. The number of hydrogen-bond acceptors (Lipinski definition) is 1. The molecule has 4 heteroatoms. The van der Waals surface area contributed by atoms with Crippen LogP contribution >= 0.6 is 0 Å². The number of nitrogens with zero attached hydrogens (tertiary/aromatic N) is 1. The lowest BCUT2D eigenvalue weighted by Gasteiger charge is -2.06. The molecule has 0 spiro atoms. The van der Waals surface area contributed by atoms with Crippen molar-refractivity contribution in [2.24, 2.45) is 0 Å². The van der Waals surface area contributed by atoms with Gasteiger partial charge in [0.05, 0.1) is 0 Å². The van der Waals surface area contributed by atoms with Crippen LogP contribution in [0.4, 0.5) is 8.78 Å². The fourth-order valence-corrected chi connectivity index (χ4v) is 2.33. The first-order valence-corrected chi connectivity index (χ1v) is 6.16. The van der Waals surface area contributed by atoms with E-state index in [0.717, 1.165) is 23.3 Å². The molecule has 1 aromatic heterocycles. The lowest BCUT2D eigenvalue weighted by Crippen LogP contribution is -1.99. The van der Waals surface area contributed by atoms with E-state index < -0.39 is 11.6 Å². The van der Waals surface area contributed by atoms with Crippen molar-refractivity contribution in [3.05, 3.63) is 71.4 Å². The van der Waals surface area contributed by atoms with Crippen LogP contribution < -0.4 is 0 Å². The molecule has 3 rings (SSSR count). The van der Waals surface area contributed by atoms with E-state index in [2.05, 4.69) is 0 Å². The third-order valence-corrected chi connectivity index (χ3v) is 3.28. The molecule has 20 heavy (non-hydrogen) atoms. The van der Waals surface area contributed by atoms with E-state index >= 15 is 0 Å². The van der Waals surface area contributed by atoms with Crippen molar-refractivity contribution in [1.82, 2.24) is 4.57 Å². The summed E-state index contributed by atoms with van der Waals surface area (Å²) in [5, 5.41) is 0.852. The third-order valence-electron chi connectivity index (χ3n) is 3.28. The summed E-state index contributed by atoms with van der Waals surface area (Å²) < 4.78 is 28.0. The molecular formula is C16H11F2NO. The Morgan fingerprint density at radius 1 is 1.05 bits per heavy atom. The Morgan fingerprint density at radius 3 is 2.60 bits per heavy atom. The Labute approximate surface area is 114 Å². The van der Waals surface area contributed by atoms with Crippen molar-refractivity contribution < 1.29 is 13.6 Å². The molecule has 0 N–H and O–H groups in total. The summed E-state index contributed by atoms with van der Waals surface area (Å²) in [5.41, 5.74) is 2.12. The lowest BCUT2D eigenvalue weighted by molar-refractivity contribution is 0.112. The van der Waals surface area contributed by atoms with E-state index in [1.807, 2.05) is 28.8 Å². The van der Waals surface area contributed by atoms with Crippen molar-refractivity contribution in [2.75, 3.05) is 0 Å². The Bertz CT molecular complexity index is 792. The number of hydrogen-bond donors (Lipinski definition) is 0. The third kappa shape index (κ3) is 2.09. The number of benzene rings is 2. The van der Waals surface area contributed by atoms with Gasteiger partial charge in [-0.05, 0) is 23.8 Å². The van der Waals surface area contributed by atoms with Gasteiger partial charge < -0.3 is 4.57 Å². The van der Waals surface area contributed by atoms with Gasteiger partial charge in [-0.2, -0.15) is 0 Å². The molecule has 0 bridgehead atoms. The molecular weight excluding hydrogens is 260 g/mol. The number of carbonyl (C=O) groups excluding carboxylic acids is 1. The van der Waals surface area contributed by atoms with E-state index in [0.29, 0.717) is 17.7 Å². The largest absolute Gasteiger partial charge is 0.342 e. The summed E-state index contributed by atoms with van der Waals surface area (Å²) in [6.45, 7) is 0.381. The van der Waals surface area contributed by atoms with Crippen LogP contribution in [-0.2, 0) is 6.54 Å². The van der Waals surface area contributed by atoms with Gasteiger partial charge in [0, 0.05) is 29.2 Å². The van der Waals surface area contributed by atoms with E-state index in [1.165, 1.54) is 12.1 Å². The number of fused-ring (bicyclic) bond motifs is 1. The number of rotatable bonds is 3. The Kier molecular flexibility index (Phi) is 3.06. The predicted molar refractivity (Wildman–Crippen MR) is 72.8 cm³/mol. The molecule has 2 nitrogen and oxygen atoms in total. The van der Waals surface area contributed by atoms with Crippen LogP contribution in [0.1, 0.15) is 15.9 Å². The first-order valence-electron chi connectivity index (χ1n) is 6.16. The lowest BCUT2D eigenvalue weighted by atomic mass is 10.2. The summed E-state index contributed by atoms with van der Waals surface area (Å²) in [5.74, 6) is -1.73. The van der Waals surface area contributed by atoms with Gasteiger partial charge in [-0.1, -0.05) is 24.3 Å². The van der Waals surface area contributed by atoms with E-state index in [4.69, 9.17) is 0 Å². The Morgan fingerprint density at radius 2 is 1.85 bits per heavy atom. The van der Waals surface area contributed by atoms with E-state index in [-0.39, 0.29) is 0 Å². The highest BCUT2D eigenvalue weighted by Gasteiger charge is 2.09. The molecule has 0 saturated carbocycles. The number of aromatic nitrogens is 1. The minimum absolute atomic E-state index is 0.381. The zero-order chi connectivity index (χ0) is 14.1. The van der Waals surface area contributed by atoms with E-state index in [9.17, 15) is 13.6 Å². The molecule has 0 aliphatic heterocycles. The standard InChI is InChI=1S/C16H11F2NO/c17-14-6-5-11(7-15(14)18)8-19-9-12(10-20)13-3-1-2-4-16(13)19/h1-7,9-10H,8H2. The van der Waals surface area contributed by atoms with Crippen LogP contribution in [0.2, 0.25) is 0 Å². The minimum Gasteiger partial charge on any atom is -0.342 e. The maximum absolute atomic E-state index is 13.2. The minimum atomic E-state index is -0.866. The van der Waals surface area contributed by atoms with Crippen molar-refractivity contribution in [2.45, 2.75) is 6.54 Å². The molecule has 100 valence electrons. The van der Waals surface area contributed by atoms with Crippen molar-refractivity contribution in [1.29, 1.82) is 0 Å². The molecule has 0 amide bonds. The molecule has 0 atom stereocenters. The number of carbonyl (C=O) groups is 1. The van der Waals surface area contributed by atoms with Crippen LogP contribution in [-0.4, -0.2) is 10.9 Å². The highest BCUT2D eigenvalue weighted by Crippen LogP contribution is 2.21. The summed E-state index contributed by atoms with van der Waals surface area (Å²) in [4.78, 5) is 11.1. The van der Waals surface area contributed by atoms with Crippen molar-refractivity contribution in [3.8, 4) is 0 Å². The molecule has 1 heterocycles. The topological polar surface area (TPSA) is 22.0 Å². The average Bonchev–Trinajstić information content (AvgIpc) is 2.81. The van der Waals surface area contributed by atoms with Crippen LogP contribution in [0.25, 0.3) is 10.9 Å². The van der Waals surface area contributed by atoms with Gasteiger partial charge in [-0.3, -0.25) is 4.79 Å². The SMILES string of the molecule is O=Cc1cn(Cc2ccc(F)c(F)c2)c2ccccc12. The predicted octanol–water partition coefficient (Wildman–Crippen LogP) is 3.78. The molecule has 0 fully saturated rings. The molecule has 0 unspecified atom stereocenters. The smallest absolute Gasteiger partial charge is 0.159 e. The second-order valence-corrected chi connectivity index (χ2v) is 4.60. The molecule has 0 aliphatic rings. The van der Waals surface area contributed by atoms with Crippen molar-refractivity contribution in [3.63, 3.8) is 0 Å². The van der Waals surface area contributed by atoms with Crippen LogP contribution in [0, 0.1) is 11.6 Å². The quantitative estimate of drug-likeness (QED) is 0.664. The zero-order valence-corrected chi connectivity index (χ0v) is 10.5. The summed E-state index contributed by atoms with van der Waals surface area (Å²) in [6, 6.07) is 11.3. The van der Waals surface area contributed by atoms with Gasteiger partial charge in [0.1, 0.15) is 0 Å². The maximum Gasteiger partial charge on any atom is 0.159 e. The molecule has 0 saturated heterocycles. The average molecular weight is 271 g/mol. The van der Waals surface area contributed by atoms with Crippen LogP contribution in [0.3, 0.4) is 0 Å². The van der Waals surface area contributed by atoms with Gasteiger partial charge in [-0.15, -0.1) is 0 Å². The summed E-state index contributed by atoms with van der Waals surface area (Å²) >= 11 is 0. The van der Waals surface area contributed by atoms with Gasteiger partial charge in [-0.25, -0.2) is 8.78 Å². The molecule has 2 aromatic carbocycles. The first kappa shape index (κ1) is 12.5. The summed E-state index contributed by atoms with van der Waals surface area (Å²) in [7, 11) is 0. The van der Waals surface area contributed by atoms with Gasteiger partial charge in [0.25, 0.3) is 0 Å². The molecule has 0 aliphatic carbocycles. The monoisotopic (exact) mass is 271 g/mol. The number of halogens is 2. The van der Waals surface area contributed by atoms with Crippen molar-refractivity contribution >= 4 is 17.2 Å². The molecule has 3 aromatic rings. The Balaban J connectivity index is 2.06. The zero-order valence-electron chi connectivity index (χ0n) is 10.5. The van der Waals surface area contributed by atoms with Gasteiger partial charge in [0.15, 0.2) is 17.9 Å². The van der Waals surface area contributed by atoms with Crippen LogP contribution in [0.15, 0.2) is 48.7 Å². The van der Waals surface area contributed by atoms with Gasteiger partial charge in [0.2, 0.25) is 0 Å². The fourth-order valence-electron chi connectivity index (χ4n) is 2.33. The first-order chi connectivity index (χ1) is 9.69. The second-order valence-electron chi connectivity index (χ2n) is 4.60.